The third-order valence-electron chi connectivity index (χ3n) is 4.05. The van der Waals surface area contributed by atoms with E-state index < -0.39 is 5.91 Å². The number of Topliss-reactive ketones (excluding diaryl/α,β-unsaturated/α-hetero) is 1. The molecule has 2 aromatic heterocycles. The Labute approximate surface area is 151 Å². The first-order valence-corrected chi connectivity index (χ1v) is 8.04. The molecular formula is C17H22N6O3. The number of aryl methyl sites for hydroxylation is 1. The van der Waals surface area contributed by atoms with Crippen molar-refractivity contribution in [2.75, 3.05) is 18.5 Å². The SMILES string of the molecule is C=C(CNC(=O)c1ncnc(N(C)C(C)c2nc(C)no2)c1C)C(C)=O. The van der Waals surface area contributed by atoms with E-state index in [2.05, 4.69) is 32.0 Å². The Balaban J connectivity index is 2.21. The first kappa shape index (κ1) is 19.2. The van der Waals surface area contributed by atoms with Gasteiger partial charge in [0.05, 0.1) is 0 Å². The summed E-state index contributed by atoms with van der Waals surface area (Å²) in [6.45, 7) is 10.5. The molecule has 1 atom stereocenters. The van der Waals surface area contributed by atoms with Crippen LogP contribution in [0.3, 0.4) is 0 Å². The van der Waals surface area contributed by atoms with E-state index in [1.54, 1.807) is 13.8 Å². The van der Waals surface area contributed by atoms with Gasteiger partial charge in [0.25, 0.3) is 5.91 Å². The summed E-state index contributed by atoms with van der Waals surface area (Å²) >= 11 is 0. The molecule has 26 heavy (non-hydrogen) atoms. The van der Waals surface area contributed by atoms with Gasteiger partial charge in [-0.3, -0.25) is 9.59 Å². The largest absolute Gasteiger partial charge is 0.348 e. The molecule has 0 bridgehead atoms. The summed E-state index contributed by atoms with van der Waals surface area (Å²) in [7, 11) is 1.82. The summed E-state index contributed by atoms with van der Waals surface area (Å²) < 4.78 is 5.21. The molecule has 1 N–H and O–H groups in total. The van der Waals surface area contributed by atoms with E-state index in [1.807, 2.05) is 18.9 Å². The number of ketones is 1. The summed E-state index contributed by atoms with van der Waals surface area (Å²) in [6, 6.07) is -0.238. The van der Waals surface area contributed by atoms with Crippen molar-refractivity contribution in [3.63, 3.8) is 0 Å². The Morgan fingerprint density at radius 3 is 2.62 bits per heavy atom. The average molecular weight is 358 g/mol. The van der Waals surface area contributed by atoms with E-state index in [0.717, 1.165) is 0 Å². The highest BCUT2D eigenvalue weighted by Gasteiger charge is 2.23. The fourth-order valence-electron chi connectivity index (χ4n) is 2.25. The summed E-state index contributed by atoms with van der Waals surface area (Å²) in [5.74, 6) is 0.994. The highest BCUT2D eigenvalue weighted by Crippen LogP contribution is 2.26. The molecule has 138 valence electrons. The van der Waals surface area contributed by atoms with Gasteiger partial charge in [0, 0.05) is 24.7 Å². The van der Waals surface area contributed by atoms with Gasteiger partial charge in [-0.05, 0) is 27.7 Å². The van der Waals surface area contributed by atoms with Crippen molar-refractivity contribution in [3.8, 4) is 0 Å². The van der Waals surface area contributed by atoms with Crippen LogP contribution in [0, 0.1) is 13.8 Å². The van der Waals surface area contributed by atoms with Gasteiger partial charge >= 0.3 is 0 Å². The number of hydrogen-bond donors (Lipinski definition) is 1. The Kier molecular flexibility index (Phi) is 5.81. The van der Waals surface area contributed by atoms with Gasteiger partial charge in [0.2, 0.25) is 5.89 Å². The van der Waals surface area contributed by atoms with Crippen LogP contribution >= 0.6 is 0 Å². The van der Waals surface area contributed by atoms with E-state index in [0.29, 0.717) is 28.7 Å². The maximum atomic E-state index is 12.4. The number of rotatable bonds is 7. The van der Waals surface area contributed by atoms with Crippen LogP contribution in [0.2, 0.25) is 0 Å². The van der Waals surface area contributed by atoms with Crippen molar-refractivity contribution in [2.24, 2.45) is 0 Å². The number of carbonyl (C=O) groups excluding carboxylic acids is 2. The molecule has 2 heterocycles. The topological polar surface area (TPSA) is 114 Å². The van der Waals surface area contributed by atoms with Gasteiger partial charge in [-0.2, -0.15) is 4.98 Å². The summed E-state index contributed by atoms with van der Waals surface area (Å²) in [5.41, 5.74) is 1.15. The molecule has 0 saturated carbocycles. The zero-order chi connectivity index (χ0) is 19.4. The van der Waals surface area contributed by atoms with E-state index in [-0.39, 0.29) is 24.1 Å². The highest BCUT2D eigenvalue weighted by atomic mass is 16.5. The molecule has 0 aromatic carbocycles. The van der Waals surface area contributed by atoms with E-state index in [4.69, 9.17) is 4.52 Å². The van der Waals surface area contributed by atoms with Crippen LogP contribution in [-0.4, -0.2) is 45.4 Å². The van der Waals surface area contributed by atoms with Gasteiger partial charge in [0.15, 0.2) is 11.6 Å². The number of nitrogens with zero attached hydrogens (tertiary/aromatic N) is 5. The minimum atomic E-state index is -0.400. The Morgan fingerprint density at radius 2 is 2.04 bits per heavy atom. The molecule has 1 unspecified atom stereocenters. The smallest absolute Gasteiger partial charge is 0.270 e. The minimum absolute atomic E-state index is 0.0699. The zero-order valence-electron chi connectivity index (χ0n) is 15.5. The molecule has 9 nitrogen and oxygen atoms in total. The average Bonchev–Trinajstić information content (AvgIpc) is 3.04. The van der Waals surface area contributed by atoms with Crippen LogP contribution in [-0.2, 0) is 4.79 Å². The molecule has 0 spiro atoms. The second-order valence-electron chi connectivity index (χ2n) is 5.98. The number of carbonyl (C=O) groups is 2. The molecule has 0 aliphatic rings. The van der Waals surface area contributed by atoms with Crippen molar-refractivity contribution in [3.05, 3.63) is 41.5 Å². The fraction of sp³-hybridized carbons (Fsp3) is 0.412. The van der Waals surface area contributed by atoms with Crippen LogP contribution in [0.1, 0.15) is 47.7 Å². The van der Waals surface area contributed by atoms with Crippen LogP contribution in [0.4, 0.5) is 5.82 Å². The second kappa shape index (κ2) is 7.85. The van der Waals surface area contributed by atoms with Crippen LogP contribution in [0.5, 0.6) is 0 Å². The van der Waals surface area contributed by atoms with Crippen LogP contribution in [0.25, 0.3) is 0 Å². The predicted octanol–water partition coefficient (Wildman–Crippen LogP) is 1.55. The number of hydrogen-bond acceptors (Lipinski definition) is 8. The van der Waals surface area contributed by atoms with Crippen molar-refractivity contribution in [1.29, 1.82) is 0 Å². The summed E-state index contributed by atoms with van der Waals surface area (Å²) in [6.07, 6.45) is 1.32. The molecule has 0 saturated heterocycles. The lowest BCUT2D eigenvalue weighted by molar-refractivity contribution is -0.113. The van der Waals surface area contributed by atoms with Gasteiger partial charge in [0.1, 0.15) is 23.9 Å². The van der Waals surface area contributed by atoms with Crippen LogP contribution in [0.15, 0.2) is 23.0 Å². The number of anilines is 1. The molecule has 2 rings (SSSR count). The third-order valence-corrected chi connectivity index (χ3v) is 4.05. The molecule has 0 aliphatic heterocycles. The molecule has 1 amide bonds. The third kappa shape index (κ3) is 4.11. The maximum absolute atomic E-state index is 12.4. The fourth-order valence-corrected chi connectivity index (χ4v) is 2.25. The number of nitrogens with one attached hydrogen (secondary N) is 1. The quantitative estimate of drug-likeness (QED) is 0.742. The number of amides is 1. The second-order valence-corrected chi connectivity index (χ2v) is 5.98. The highest BCUT2D eigenvalue weighted by molar-refractivity contribution is 5.97. The van der Waals surface area contributed by atoms with E-state index in [9.17, 15) is 9.59 Å². The lowest BCUT2D eigenvalue weighted by atomic mass is 10.1. The standard InChI is InChI=1S/C17H22N6O3/c1-9(12(4)24)7-18-16(25)14-10(2)15(20-8-19-14)23(6)11(3)17-21-13(5)22-26-17/h8,11H,1,7H2,2-6H3,(H,18,25). The van der Waals surface area contributed by atoms with E-state index >= 15 is 0 Å². The molecule has 2 aromatic rings. The van der Waals surface area contributed by atoms with Gasteiger partial charge in [-0.25, -0.2) is 9.97 Å². The van der Waals surface area contributed by atoms with Gasteiger partial charge in [-0.1, -0.05) is 11.7 Å². The molecule has 0 aliphatic carbocycles. The van der Waals surface area contributed by atoms with E-state index in [1.165, 1.54) is 13.3 Å². The molecule has 9 heteroatoms. The summed E-state index contributed by atoms with van der Waals surface area (Å²) in [4.78, 5) is 38.0. The Bertz CT molecular complexity index is 845. The predicted molar refractivity (Wildman–Crippen MR) is 94.8 cm³/mol. The lowest BCUT2D eigenvalue weighted by Gasteiger charge is -2.25. The van der Waals surface area contributed by atoms with Crippen molar-refractivity contribution >= 4 is 17.5 Å². The van der Waals surface area contributed by atoms with Crippen molar-refractivity contribution < 1.29 is 14.1 Å². The number of aromatic nitrogens is 4. The first-order chi connectivity index (χ1) is 12.2. The normalized spacial score (nSPS) is 11.7. The van der Waals surface area contributed by atoms with Crippen LogP contribution < -0.4 is 10.2 Å². The Morgan fingerprint density at radius 1 is 1.35 bits per heavy atom. The molecule has 0 fully saturated rings. The van der Waals surface area contributed by atoms with Gasteiger partial charge in [-0.15, -0.1) is 0 Å². The lowest BCUT2D eigenvalue weighted by Crippen LogP contribution is -2.30. The first-order valence-electron chi connectivity index (χ1n) is 8.04. The Hall–Kier alpha value is -3.10. The zero-order valence-corrected chi connectivity index (χ0v) is 15.5. The molecular weight excluding hydrogens is 336 g/mol. The minimum Gasteiger partial charge on any atom is -0.348 e. The van der Waals surface area contributed by atoms with Crippen molar-refractivity contribution in [1.82, 2.24) is 25.4 Å². The van der Waals surface area contributed by atoms with Gasteiger partial charge < -0.3 is 14.7 Å². The maximum Gasteiger partial charge on any atom is 0.270 e. The molecule has 0 radical (unpaired) electrons. The van der Waals surface area contributed by atoms with Crippen molar-refractivity contribution in [2.45, 2.75) is 33.7 Å². The monoisotopic (exact) mass is 358 g/mol. The summed E-state index contributed by atoms with van der Waals surface area (Å²) in [5, 5.41) is 6.43.